The number of para-hydroxylation sites is 6. The molecule has 0 spiro atoms. The zero-order valence-corrected chi connectivity index (χ0v) is 67.1. The number of nitriles is 6. The molecule has 0 atom stereocenters. The molecule has 9 aromatic heterocycles. The number of pyridine rings is 3. The van der Waals surface area contributed by atoms with Gasteiger partial charge in [-0.15, -0.1) is 0 Å². The van der Waals surface area contributed by atoms with Crippen molar-refractivity contribution in [3.05, 3.63) is 416 Å². The fraction of sp³-hybridized carbons (Fsp3) is 0. The van der Waals surface area contributed by atoms with Gasteiger partial charge in [-0.2, -0.15) is 31.6 Å². The van der Waals surface area contributed by atoms with E-state index in [0.29, 0.717) is 33.4 Å². The van der Waals surface area contributed by atoms with Crippen molar-refractivity contribution in [3.8, 4) is 104 Å². The predicted molar refractivity (Wildman–Crippen MR) is 503 cm³/mol. The van der Waals surface area contributed by atoms with E-state index >= 15 is 0 Å². The highest BCUT2D eigenvalue weighted by atomic mass is 15.0. The topological polar surface area (TPSA) is 211 Å². The van der Waals surface area contributed by atoms with Crippen molar-refractivity contribution in [2.75, 3.05) is 0 Å². The Bertz CT molecular complexity index is 8810. The van der Waals surface area contributed by atoms with Crippen LogP contribution in [0.5, 0.6) is 0 Å². The van der Waals surface area contributed by atoms with E-state index in [1.165, 1.54) is 5.39 Å². The molecule has 24 aromatic rings. The van der Waals surface area contributed by atoms with Crippen molar-refractivity contribution in [2.24, 2.45) is 0 Å². The molecule has 0 saturated heterocycles. The fourth-order valence-electron chi connectivity index (χ4n) is 18.6. The SMILES string of the molecule is N#Cc1ccc(-c2cc(-n3c4ccccc4c4cc(C#N)ccc43)cc(-n3c4ccccc4c4ccncc43)c2)cc1.N#Cc1ccc2c(c1)c1ccccc1n2-c1cc(-c2ccccc2C#N)cc(-n2c3ccccc3c3ccncc32)c1.N#Cc1cccc(-c2cc(-n3c4ccccc4c4cc(C#N)ccc43)cc(-n3c4ccccc4c4ccncc43)c2)c1. The van der Waals surface area contributed by atoms with Crippen molar-refractivity contribution < 1.29 is 0 Å². The van der Waals surface area contributed by atoms with Gasteiger partial charge in [0.05, 0.1) is 155 Å². The summed E-state index contributed by atoms with van der Waals surface area (Å²) >= 11 is 0. The molecule has 0 saturated carbocycles. The maximum atomic E-state index is 10.0. The molecule has 0 unspecified atom stereocenters. The number of fused-ring (bicyclic) bond motifs is 18. The van der Waals surface area contributed by atoms with E-state index in [2.05, 4.69) is 261 Å². The van der Waals surface area contributed by atoms with Crippen LogP contribution >= 0.6 is 0 Å². The summed E-state index contributed by atoms with van der Waals surface area (Å²) in [5.41, 5.74) is 28.0. The van der Waals surface area contributed by atoms with Crippen molar-refractivity contribution >= 4 is 131 Å². The van der Waals surface area contributed by atoms with Gasteiger partial charge in [0.15, 0.2) is 0 Å². The average molecular weight is 1610 g/mol. The van der Waals surface area contributed by atoms with Crippen molar-refractivity contribution in [3.63, 3.8) is 0 Å². The molecule has 0 fully saturated rings. The zero-order chi connectivity index (χ0) is 84.6. The van der Waals surface area contributed by atoms with Gasteiger partial charge in [-0.25, -0.2) is 0 Å². The summed E-state index contributed by atoms with van der Waals surface area (Å²) in [6, 6.07) is 131. The van der Waals surface area contributed by atoms with E-state index in [4.69, 9.17) is 0 Å². The lowest BCUT2D eigenvalue weighted by Gasteiger charge is -2.16. The summed E-state index contributed by atoms with van der Waals surface area (Å²) < 4.78 is 13.6. The molecule has 0 N–H and O–H groups in total. The zero-order valence-electron chi connectivity index (χ0n) is 67.1. The van der Waals surface area contributed by atoms with E-state index in [0.717, 1.165) is 193 Å². The molecule has 9 heterocycles. The Hall–Kier alpha value is -18.5. The monoisotopic (exact) mass is 1610 g/mol. The number of hydrogen-bond donors (Lipinski definition) is 0. The van der Waals surface area contributed by atoms with Crippen molar-refractivity contribution in [1.82, 2.24) is 42.4 Å². The minimum Gasteiger partial charge on any atom is -0.309 e. The second kappa shape index (κ2) is 30.4. The van der Waals surface area contributed by atoms with Crippen LogP contribution in [0.1, 0.15) is 33.4 Å². The fourth-order valence-corrected chi connectivity index (χ4v) is 18.6. The van der Waals surface area contributed by atoms with Crippen LogP contribution in [0, 0.1) is 68.0 Å². The van der Waals surface area contributed by atoms with Crippen LogP contribution in [0.3, 0.4) is 0 Å². The first kappa shape index (κ1) is 73.8. The minimum absolute atomic E-state index is 0.612. The molecule has 15 aromatic carbocycles. The number of rotatable bonds is 9. The Morgan fingerprint density at radius 3 is 0.802 bits per heavy atom. The van der Waals surface area contributed by atoms with Crippen LogP contribution in [0.4, 0.5) is 0 Å². The molecule has 0 aliphatic rings. The smallest absolute Gasteiger partial charge is 0.0998 e. The molecular formula is C111H63N15. The Labute approximate surface area is 720 Å². The first-order chi connectivity index (χ1) is 62.2. The first-order valence-electron chi connectivity index (χ1n) is 41.0. The van der Waals surface area contributed by atoms with Gasteiger partial charge in [-0.1, -0.05) is 152 Å². The quantitative estimate of drug-likeness (QED) is 0.134. The Kier molecular flexibility index (Phi) is 17.8. The molecule has 0 aliphatic carbocycles. The second-order valence-corrected chi connectivity index (χ2v) is 31.1. The third-order valence-corrected chi connectivity index (χ3v) is 24.1. The molecule has 15 heteroatoms. The van der Waals surface area contributed by atoms with Crippen LogP contribution in [-0.4, -0.2) is 42.4 Å². The van der Waals surface area contributed by atoms with Gasteiger partial charge in [0.2, 0.25) is 0 Å². The lowest BCUT2D eigenvalue weighted by molar-refractivity contribution is 1.13. The first-order valence-corrected chi connectivity index (χ1v) is 41.0. The highest BCUT2D eigenvalue weighted by molar-refractivity contribution is 6.15. The average Bonchev–Trinajstić information content (AvgIpc) is 1.58. The molecule has 0 amide bonds. The summed E-state index contributed by atoms with van der Waals surface area (Å²) in [5, 5.41) is 71.2. The lowest BCUT2D eigenvalue weighted by atomic mass is 9.99. The molecule has 15 nitrogen and oxygen atoms in total. The van der Waals surface area contributed by atoms with E-state index < -0.39 is 0 Å². The molecular weight excluding hydrogens is 1540 g/mol. The van der Waals surface area contributed by atoms with E-state index in [9.17, 15) is 31.6 Å². The molecule has 126 heavy (non-hydrogen) atoms. The standard InChI is InChI=1S/3C37H21N5/c38-21-24-6-5-7-26(16-24)27-18-28(41-35-11-4-2-9-31(35)33-17-25(22-39)12-13-36(33)41)20-29(19-27)42-34-10-3-1-8-30(34)32-14-15-40-23-37(32)42;38-21-24-9-12-26(13-10-24)27-18-28(41-35-8-4-2-6-31(35)33-17-25(22-39)11-14-36(33)41)20-29(19-27)42-34-7-3-1-5-30(34)32-15-16-40-23-37(32)42;38-21-24-13-14-36-33(17-24)31-10-4-6-12-35(31)41(36)27-18-26(29-8-2-1-7-25(29)22-39)19-28(20-27)42-34-11-5-3-9-30(34)32-15-16-40-23-37(32)42/h3*1-20,23H. The summed E-state index contributed by atoms with van der Waals surface area (Å²) in [7, 11) is 0. The minimum atomic E-state index is 0.612. The van der Waals surface area contributed by atoms with Crippen LogP contribution in [0.25, 0.3) is 198 Å². The number of hydrogen-bond acceptors (Lipinski definition) is 9. The second-order valence-electron chi connectivity index (χ2n) is 31.1. The van der Waals surface area contributed by atoms with Crippen LogP contribution in [0.15, 0.2) is 383 Å². The number of nitrogens with zero attached hydrogens (tertiary/aromatic N) is 15. The van der Waals surface area contributed by atoms with Crippen LogP contribution in [0.2, 0.25) is 0 Å². The Morgan fingerprint density at radius 2 is 0.452 bits per heavy atom. The summed E-state index contributed by atoms with van der Waals surface area (Å²) in [5.74, 6) is 0. The molecule has 24 rings (SSSR count). The highest BCUT2D eigenvalue weighted by Crippen LogP contribution is 2.44. The van der Waals surface area contributed by atoms with E-state index in [1.54, 1.807) is 0 Å². The Morgan fingerprint density at radius 1 is 0.175 bits per heavy atom. The third-order valence-electron chi connectivity index (χ3n) is 24.1. The lowest BCUT2D eigenvalue weighted by Crippen LogP contribution is -2.00. The molecule has 0 bridgehead atoms. The summed E-state index contributed by atoms with van der Waals surface area (Å²) in [6.45, 7) is 0. The normalized spacial score (nSPS) is 11.3. The van der Waals surface area contributed by atoms with Crippen LogP contribution < -0.4 is 0 Å². The molecule has 0 radical (unpaired) electrons. The van der Waals surface area contributed by atoms with Crippen molar-refractivity contribution in [1.29, 1.82) is 31.6 Å². The third kappa shape index (κ3) is 12.3. The summed E-state index contributed by atoms with van der Waals surface area (Å²) in [6.07, 6.45) is 11.3. The highest BCUT2D eigenvalue weighted by Gasteiger charge is 2.24. The maximum Gasteiger partial charge on any atom is 0.0998 e. The number of aromatic nitrogens is 9. The largest absolute Gasteiger partial charge is 0.309 e. The van der Waals surface area contributed by atoms with Gasteiger partial charge < -0.3 is 27.4 Å². The van der Waals surface area contributed by atoms with Gasteiger partial charge in [0.1, 0.15) is 0 Å². The van der Waals surface area contributed by atoms with Gasteiger partial charge >= 0.3 is 0 Å². The van der Waals surface area contributed by atoms with E-state index in [1.807, 2.05) is 201 Å². The van der Waals surface area contributed by atoms with Gasteiger partial charge in [-0.3, -0.25) is 15.0 Å². The maximum absolute atomic E-state index is 10.0. The predicted octanol–water partition coefficient (Wildman–Crippen LogP) is 26.1. The van der Waals surface area contributed by atoms with Crippen LogP contribution in [-0.2, 0) is 0 Å². The van der Waals surface area contributed by atoms with Crippen molar-refractivity contribution in [2.45, 2.75) is 0 Å². The summed E-state index contributed by atoms with van der Waals surface area (Å²) in [4.78, 5) is 13.4. The molecule has 582 valence electrons. The molecule has 0 aliphatic heterocycles. The van der Waals surface area contributed by atoms with E-state index in [-0.39, 0.29) is 0 Å². The number of benzene rings is 15. The van der Waals surface area contributed by atoms with Gasteiger partial charge in [-0.05, 0) is 228 Å². The van der Waals surface area contributed by atoms with Gasteiger partial charge in [0.25, 0.3) is 0 Å². The van der Waals surface area contributed by atoms with Gasteiger partial charge in [0, 0.05) is 117 Å². The Balaban J connectivity index is 0.000000112.